The molecule has 2 aliphatic rings. The summed E-state index contributed by atoms with van der Waals surface area (Å²) in [5, 5.41) is 11.3. The van der Waals surface area contributed by atoms with Crippen molar-refractivity contribution in [3.8, 4) is 0 Å². The van der Waals surface area contributed by atoms with Gasteiger partial charge in [0, 0.05) is 16.4 Å². The molecule has 2 aliphatic carbocycles. The fourth-order valence-electron chi connectivity index (χ4n) is 4.71. The lowest BCUT2D eigenvalue weighted by molar-refractivity contribution is -0.152. The van der Waals surface area contributed by atoms with E-state index in [0.717, 1.165) is 31.4 Å². The Labute approximate surface area is 112 Å². The van der Waals surface area contributed by atoms with Crippen LogP contribution in [0.4, 0.5) is 8.78 Å². The zero-order valence-electron chi connectivity index (χ0n) is 11.6. The summed E-state index contributed by atoms with van der Waals surface area (Å²) in [5.74, 6) is -0.636. The number of hydrogen-bond acceptors (Lipinski definition) is 1. The molecular weight excluding hydrogens is 246 g/mol. The topological polar surface area (TPSA) is 20.2 Å². The maximum Gasteiger partial charge on any atom is 0.129 e. The maximum atomic E-state index is 14.2. The van der Waals surface area contributed by atoms with E-state index in [0.29, 0.717) is 5.92 Å². The molecule has 3 unspecified atom stereocenters. The molecule has 0 saturated heterocycles. The Kier molecular flexibility index (Phi) is 2.45. The molecule has 104 valence electrons. The number of halogens is 2. The van der Waals surface area contributed by atoms with Crippen molar-refractivity contribution in [2.45, 2.75) is 45.6 Å². The smallest absolute Gasteiger partial charge is 0.129 e. The summed E-state index contributed by atoms with van der Waals surface area (Å²) >= 11 is 0. The number of fused-ring (bicyclic) bond motifs is 2. The second-order valence-corrected chi connectivity index (χ2v) is 7.06. The molecule has 0 amide bonds. The molecule has 2 bridgehead atoms. The van der Waals surface area contributed by atoms with Crippen LogP contribution in [0.25, 0.3) is 0 Å². The van der Waals surface area contributed by atoms with Gasteiger partial charge < -0.3 is 5.11 Å². The van der Waals surface area contributed by atoms with Gasteiger partial charge in [-0.15, -0.1) is 0 Å². The van der Waals surface area contributed by atoms with Crippen LogP contribution >= 0.6 is 0 Å². The van der Waals surface area contributed by atoms with Crippen LogP contribution in [0.1, 0.15) is 45.6 Å². The second-order valence-electron chi connectivity index (χ2n) is 7.06. The summed E-state index contributed by atoms with van der Waals surface area (Å²) < 4.78 is 27.7. The molecule has 1 N–H and O–H groups in total. The van der Waals surface area contributed by atoms with Crippen molar-refractivity contribution in [2.24, 2.45) is 16.7 Å². The highest BCUT2D eigenvalue weighted by molar-refractivity contribution is 5.34. The van der Waals surface area contributed by atoms with E-state index in [4.69, 9.17) is 0 Å². The highest BCUT2D eigenvalue weighted by atomic mass is 19.1. The van der Waals surface area contributed by atoms with Crippen LogP contribution in [0.3, 0.4) is 0 Å². The quantitative estimate of drug-likeness (QED) is 0.814. The van der Waals surface area contributed by atoms with Crippen molar-refractivity contribution in [2.75, 3.05) is 0 Å². The van der Waals surface area contributed by atoms with E-state index in [2.05, 4.69) is 0 Å². The van der Waals surface area contributed by atoms with Gasteiger partial charge in [-0.05, 0) is 43.4 Å². The van der Waals surface area contributed by atoms with Crippen molar-refractivity contribution >= 4 is 0 Å². The van der Waals surface area contributed by atoms with Crippen LogP contribution in [-0.2, 0) is 5.60 Å². The first-order chi connectivity index (χ1) is 8.72. The van der Waals surface area contributed by atoms with Crippen molar-refractivity contribution in [1.29, 1.82) is 0 Å². The Hall–Kier alpha value is -0.960. The first-order valence-corrected chi connectivity index (χ1v) is 6.90. The molecule has 0 aliphatic heterocycles. The Morgan fingerprint density at radius 2 is 1.89 bits per heavy atom. The molecular formula is C16H20F2O. The zero-order chi connectivity index (χ0) is 14.1. The maximum absolute atomic E-state index is 14.2. The Bertz CT molecular complexity index is 533. The van der Waals surface area contributed by atoms with Crippen LogP contribution < -0.4 is 0 Å². The van der Waals surface area contributed by atoms with E-state index < -0.39 is 22.7 Å². The molecule has 0 radical (unpaired) electrons. The Morgan fingerprint density at radius 3 is 2.47 bits per heavy atom. The van der Waals surface area contributed by atoms with Crippen molar-refractivity contribution < 1.29 is 13.9 Å². The monoisotopic (exact) mass is 266 g/mol. The lowest BCUT2D eigenvalue weighted by Gasteiger charge is -2.51. The minimum absolute atomic E-state index is 0.127. The van der Waals surface area contributed by atoms with Gasteiger partial charge in [-0.3, -0.25) is 0 Å². The van der Waals surface area contributed by atoms with Crippen LogP contribution in [0, 0.1) is 28.4 Å². The van der Waals surface area contributed by atoms with E-state index in [1.807, 2.05) is 20.8 Å². The van der Waals surface area contributed by atoms with E-state index in [9.17, 15) is 13.9 Å². The SMILES string of the molecule is CC12CCC(C1)C(C)(C)C2(O)c1cc(F)ccc1F. The third-order valence-corrected chi connectivity index (χ3v) is 5.89. The lowest BCUT2D eigenvalue weighted by Crippen LogP contribution is -2.51. The van der Waals surface area contributed by atoms with Gasteiger partial charge in [0.1, 0.15) is 17.2 Å². The number of benzene rings is 1. The predicted molar refractivity (Wildman–Crippen MR) is 69.5 cm³/mol. The summed E-state index contributed by atoms with van der Waals surface area (Å²) in [4.78, 5) is 0. The van der Waals surface area contributed by atoms with E-state index in [-0.39, 0.29) is 11.0 Å². The molecule has 1 aromatic carbocycles. The first-order valence-electron chi connectivity index (χ1n) is 6.90. The minimum Gasteiger partial charge on any atom is -0.384 e. The average Bonchev–Trinajstić information content (AvgIpc) is 2.80. The normalized spacial score (nSPS) is 39.8. The molecule has 3 heteroatoms. The summed E-state index contributed by atoms with van der Waals surface area (Å²) in [6.07, 6.45) is 2.81. The minimum atomic E-state index is -1.30. The largest absolute Gasteiger partial charge is 0.384 e. The lowest BCUT2D eigenvalue weighted by atomic mass is 9.57. The summed E-state index contributed by atoms with van der Waals surface area (Å²) in [6, 6.07) is 3.39. The molecule has 2 saturated carbocycles. The van der Waals surface area contributed by atoms with Gasteiger partial charge in [0.05, 0.1) is 0 Å². The standard InChI is InChI=1S/C16H20F2O/c1-14(2)10-6-7-15(3,9-10)16(14,19)12-8-11(17)4-5-13(12)18/h4-5,8,10,19H,6-7,9H2,1-3H3. The Balaban J connectivity index is 2.24. The molecule has 0 spiro atoms. The number of rotatable bonds is 1. The summed E-state index contributed by atoms with van der Waals surface area (Å²) in [5.41, 5.74) is -1.97. The fraction of sp³-hybridized carbons (Fsp3) is 0.625. The summed E-state index contributed by atoms with van der Waals surface area (Å²) in [6.45, 7) is 5.96. The Morgan fingerprint density at radius 1 is 1.21 bits per heavy atom. The first kappa shape index (κ1) is 13.0. The highest BCUT2D eigenvalue weighted by Crippen LogP contribution is 2.71. The number of aliphatic hydroxyl groups is 1. The molecule has 0 aromatic heterocycles. The highest BCUT2D eigenvalue weighted by Gasteiger charge is 2.69. The van der Waals surface area contributed by atoms with Crippen molar-refractivity contribution in [3.05, 3.63) is 35.4 Å². The van der Waals surface area contributed by atoms with Gasteiger partial charge in [-0.25, -0.2) is 8.78 Å². The second kappa shape index (κ2) is 3.57. The van der Waals surface area contributed by atoms with Gasteiger partial charge in [0.15, 0.2) is 0 Å². The zero-order valence-corrected chi connectivity index (χ0v) is 11.6. The average molecular weight is 266 g/mol. The van der Waals surface area contributed by atoms with E-state index >= 15 is 0 Å². The third kappa shape index (κ3) is 1.37. The third-order valence-electron chi connectivity index (χ3n) is 5.89. The van der Waals surface area contributed by atoms with Crippen LogP contribution in [0.2, 0.25) is 0 Å². The molecule has 19 heavy (non-hydrogen) atoms. The summed E-state index contributed by atoms with van der Waals surface area (Å²) in [7, 11) is 0. The molecule has 1 nitrogen and oxygen atoms in total. The van der Waals surface area contributed by atoms with Crippen molar-refractivity contribution in [1.82, 2.24) is 0 Å². The van der Waals surface area contributed by atoms with Gasteiger partial charge in [-0.1, -0.05) is 20.8 Å². The molecule has 3 atom stereocenters. The van der Waals surface area contributed by atoms with E-state index in [1.165, 1.54) is 6.07 Å². The van der Waals surface area contributed by atoms with Gasteiger partial charge >= 0.3 is 0 Å². The fourth-order valence-corrected chi connectivity index (χ4v) is 4.71. The molecule has 2 fully saturated rings. The van der Waals surface area contributed by atoms with Crippen LogP contribution in [-0.4, -0.2) is 5.11 Å². The molecule has 3 rings (SSSR count). The molecule has 0 heterocycles. The van der Waals surface area contributed by atoms with Crippen LogP contribution in [0.5, 0.6) is 0 Å². The predicted octanol–water partition coefficient (Wildman–Crippen LogP) is 4.00. The van der Waals surface area contributed by atoms with Crippen molar-refractivity contribution in [3.63, 3.8) is 0 Å². The number of hydrogen-bond donors (Lipinski definition) is 1. The van der Waals surface area contributed by atoms with Crippen LogP contribution in [0.15, 0.2) is 18.2 Å². The van der Waals surface area contributed by atoms with E-state index in [1.54, 1.807) is 0 Å². The van der Waals surface area contributed by atoms with Gasteiger partial charge in [0.25, 0.3) is 0 Å². The molecule has 1 aromatic rings. The van der Waals surface area contributed by atoms with Gasteiger partial charge in [0.2, 0.25) is 0 Å². The van der Waals surface area contributed by atoms with Gasteiger partial charge in [-0.2, -0.15) is 0 Å².